The van der Waals surface area contributed by atoms with Crippen LogP contribution in [-0.4, -0.2) is 50.2 Å². The summed E-state index contributed by atoms with van der Waals surface area (Å²) in [5.74, 6) is -0.464. The molecule has 0 unspecified atom stereocenters. The summed E-state index contributed by atoms with van der Waals surface area (Å²) in [7, 11) is 0. The van der Waals surface area contributed by atoms with Crippen molar-refractivity contribution in [2.24, 2.45) is 0 Å². The van der Waals surface area contributed by atoms with Crippen LogP contribution in [0.4, 0.5) is 14.9 Å². The van der Waals surface area contributed by atoms with Crippen LogP contribution in [0.2, 0.25) is 0 Å². The Kier molecular flexibility index (Phi) is 6.66. The molecule has 1 heterocycles. The number of carbonyl (C=O) groups is 2. The van der Waals surface area contributed by atoms with Gasteiger partial charge in [0.05, 0.1) is 26.2 Å². The number of carbonyl (C=O) groups excluding carboxylic acids is 2. The SMILES string of the molecule is C[C@H](C(=O)NC(=O)NC1CCCCC1)[NH+]1CCN(c2ccc(F)cc2)CC1. The summed E-state index contributed by atoms with van der Waals surface area (Å²) < 4.78 is 13.1. The monoisotopic (exact) mass is 377 g/mol. The Morgan fingerprint density at radius 3 is 2.37 bits per heavy atom. The number of piperazine rings is 1. The lowest BCUT2D eigenvalue weighted by atomic mass is 9.96. The second kappa shape index (κ2) is 9.17. The highest BCUT2D eigenvalue weighted by Crippen LogP contribution is 2.17. The third kappa shape index (κ3) is 5.42. The number of quaternary nitrogens is 1. The quantitative estimate of drug-likeness (QED) is 0.736. The number of anilines is 1. The van der Waals surface area contributed by atoms with Crippen LogP contribution < -0.4 is 20.4 Å². The number of imide groups is 1. The molecule has 3 amide bonds. The fraction of sp³-hybridized carbons (Fsp3) is 0.600. The Labute approximate surface area is 160 Å². The van der Waals surface area contributed by atoms with Crippen molar-refractivity contribution < 1.29 is 18.9 Å². The zero-order chi connectivity index (χ0) is 19.2. The number of benzene rings is 1. The number of hydrogen-bond donors (Lipinski definition) is 3. The maximum atomic E-state index is 13.1. The van der Waals surface area contributed by atoms with E-state index in [1.807, 2.05) is 6.92 Å². The first kappa shape index (κ1) is 19.6. The highest BCUT2D eigenvalue weighted by molar-refractivity contribution is 5.96. The first-order chi connectivity index (χ1) is 13.0. The van der Waals surface area contributed by atoms with E-state index >= 15 is 0 Å². The second-order valence-electron chi connectivity index (χ2n) is 7.64. The van der Waals surface area contributed by atoms with Gasteiger partial charge in [-0.2, -0.15) is 0 Å². The molecule has 148 valence electrons. The molecule has 0 bridgehead atoms. The van der Waals surface area contributed by atoms with Crippen LogP contribution in [0.25, 0.3) is 0 Å². The van der Waals surface area contributed by atoms with Crippen LogP contribution >= 0.6 is 0 Å². The minimum atomic E-state index is -0.372. The maximum absolute atomic E-state index is 13.1. The van der Waals surface area contributed by atoms with Crippen molar-refractivity contribution >= 4 is 17.6 Å². The summed E-state index contributed by atoms with van der Waals surface area (Å²) in [5, 5.41) is 5.43. The van der Waals surface area contributed by atoms with Crippen molar-refractivity contribution in [3.05, 3.63) is 30.1 Å². The minimum absolute atomic E-state index is 0.188. The average molecular weight is 377 g/mol. The Morgan fingerprint density at radius 1 is 1.11 bits per heavy atom. The fourth-order valence-electron chi connectivity index (χ4n) is 4.01. The van der Waals surface area contributed by atoms with Crippen LogP contribution in [0.3, 0.4) is 0 Å². The number of nitrogens with zero attached hydrogens (tertiary/aromatic N) is 1. The van der Waals surface area contributed by atoms with Gasteiger partial charge in [0.1, 0.15) is 5.82 Å². The topological polar surface area (TPSA) is 65.9 Å². The molecule has 3 N–H and O–H groups in total. The largest absolute Gasteiger partial charge is 0.360 e. The van der Waals surface area contributed by atoms with Crippen LogP contribution in [0, 0.1) is 5.82 Å². The normalized spacial score (nSPS) is 20.1. The van der Waals surface area contributed by atoms with Gasteiger partial charge in [0.25, 0.3) is 5.91 Å². The molecule has 1 saturated carbocycles. The number of nitrogens with one attached hydrogen (secondary N) is 3. The summed E-state index contributed by atoms with van der Waals surface area (Å²) in [6, 6.07) is 6.04. The molecule has 6 nitrogen and oxygen atoms in total. The Bertz CT molecular complexity index is 638. The molecule has 0 radical (unpaired) electrons. The maximum Gasteiger partial charge on any atom is 0.321 e. The molecule has 1 aliphatic heterocycles. The van der Waals surface area contributed by atoms with E-state index in [9.17, 15) is 14.0 Å². The van der Waals surface area contributed by atoms with Crippen molar-refractivity contribution in [2.45, 2.75) is 51.1 Å². The highest BCUT2D eigenvalue weighted by atomic mass is 19.1. The van der Waals surface area contributed by atoms with Crippen molar-refractivity contribution in [1.82, 2.24) is 10.6 Å². The van der Waals surface area contributed by atoms with E-state index in [1.54, 1.807) is 12.1 Å². The van der Waals surface area contributed by atoms with Gasteiger partial charge in [-0.1, -0.05) is 19.3 Å². The first-order valence-corrected chi connectivity index (χ1v) is 9.99. The third-order valence-corrected chi connectivity index (χ3v) is 5.78. The molecule has 0 spiro atoms. The number of halogens is 1. The van der Waals surface area contributed by atoms with Crippen LogP contribution in [-0.2, 0) is 4.79 Å². The first-order valence-electron chi connectivity index (χ1n) is 9.99. The Morgan fingerprint density at radius 2 is 1.74 bits per heavy atom. The lowest BCUT2D eigenvalue weighted by molar-refractivity contribution is -0.914. The summed E-state index contributed by atoms with van der Waals surface area (Å²) >= 11 is 0. The number of hydrogen-bond acceptors (Lipinski definition) is 3. The standard InChI is InChI=1S/C20H29FN4O2/c1-15(19(26)23-20(27)22-17-5-3-2-4-6-17)24-11-13-25(14-12-24)18-9-7-16(21)8-10-18/h7-10,15,17H,2-6,11-14H2,1H3,(H2,22,23,26,27)/p+1/t15-/m1/s1. The second-order valence-corrected chi connectivity index (χ2v) is 7.64. The van der Waals surface area contributed by atoms with E-state index in [2.05, 4.69) is 15.5 Å². The van der Waals surface area contributed by atoms with Crippen LogP contribution in [0.5, 0.6) is 0 Å². The molecule has 1 atom stereocenters. The predicted octanol–water partition coefficient (Wildman–Crippen LogP) is 1.08. The average Bonchev–Trinajstić information content (AvgIpc) is 2.69. The van der Waals surface area contributed by atoms with Gasteiger partial charge in [0.2, 0.25) is 0 Å². The molecule has 1 aliphatic carbocycles. The molecule has 0 aromatic heterocycles. The van der Waals surface area contributed by atoms with Gasteiger partial charge in [-0.3, -0.25) is 10.1 Å². The van der Waals surface area contributed by atoms with E-state index < -0.39 is 0 Å². The summed E-state index contributed by atoms with van der Waals surface area (Å²) in [6.07, 6.45) is 5.49. The van der Waals surface area contributed by atoms with Crippen molar-refractivity contribution in [2.75, 3.05) is 31.1 Å². The van der Waals surface area contributed by atoms with E-state index in [0.29, 0.717) is 0 Å². The van der Waals surface area contributed by atoms with Crippen molar-refractivity contribution in [3.63, 3.8) is 0 Å². The zero-order valence-electron chi connectivity index (χ0n) is 16.0. The number of amides is 3. The summed E-state index contributed by atoms with van der Waals surface area (Å²) in [4.78, 5) is 27.9. The molecule has 1 saturated heterocycles. The fourth-order valence-corrected chi connectivity index (χ4v) is 4.01. The van der Waals surface area contributed by atoms with Gasteiger partial charge >= 0.3 is 6.03 Å². The minimum Gasteiger partial charge on any atom is -0.360 e. The van der Waals surface area contributed by atoms with Gasteiger partial charge in [-0.15, -0.1) is 0 Å². The molecular formula is C20H30FN4O2+. The van der Waals surface area contributed by atoms with Crippen molar-refractivity contribution in [1.29, 1.82) is 0 Å². The molecule has 27 heavy (non-hydrogen) atoms. The summed E-state index contributed by atoms with van der Waals surface area (Å²) in [5.41, 5.74) is 0.999. The molecule has 2 fully saturated rings. The smallest absolute Gasteiger partial charge is 0.321 e. The van der Waals surface area contributed by atoms with Crippen LogP contribution in [0.15, 0.2) is 24.3 Å². The van der Waals surface area contributed by atoms with Gasteiger partial charge in [-0.05, 0) is 44.0 Å². The molecule has 1 aromatic rings. The molecule has 7 heteroatoms. The van der Waals surface area contributed by atoms with Gasteiger partial charge in [0, 0.05) is 11.7 Å². The molecule has 3 rings (SSSR count). The predicted molar refractivity (Wildman–Crippen MR) is 102 cm³/mol. The van der Waals surface area contributed by atoms with E-state index in [1.165, 1.54) is 18.6 Å². The van der Waals surface area contributed by atoms with Gasteiger partial charge in [-0.25, -0.2) is 9.18 Å². The van der Waals surface area contributed by atoms with E-state index in [4.69, 9.17) is 0 Å². The number of urea groups is 1. The lowest BCUT2D eigenvalue weighted by Crippen LogP contribution is -3.19. The van der Waals surface area contributed by atoms with Gasteiger partial charge < -0.3 is 15.1 Å². The lowest BCUT2D eigenvalue weighted by Gasteiger charge is -2.36. The van der Waals surface area contributed by atoms with Crippen LogP contribution in [0.1, 0.15) is 39.0 Å². The third-order valence-electron chi connectivity index (χ3n) is 5.78. The van der Waals surface area contributed by atoms with Gasteiger partial charge in [0.15, 0.2) is 6.04 Å². The molecule has 2 aliphatic rings. The Hall–Kier alpha value is -2.15. The molecular weight excluding hydrogens is 347 g/mol. The van der Waals surface area contributed by atoms with E-state index in [0.717, 1.165) is 62.4 Å². The summed E-state index contributed by atoms with van der Waals surface area (Å²) in [6.45, 7) is 5.07. The zero-order valence-corrected chi connectivity index (χ0v) is 16.0. The van der Waals surface area contributed by atoms with E-state index in [-0.39, 0.29) is 29.8 Å². The van der Waals surface area contributed by atoms with Crippen molar-refractivity contribution in [3.8, 4) is 0 Å². The highest BCUT2D eigenvalue weighted by Gasteiger charge is 2.30. The Balaban J connectivity index is 1.43. The molecule has 1 aromatic carbocycles. The number of rotatable bonds is 4.